The summed E-state index contributed by atoms with van der Waals surface area (Å²) >= 11 is 0. The highest BCUT2D eigenvalue weighted by molar-refractivity contribution is 5.72. The van der Waals surface area contributed by atoms with Gasteiger partial charge in [0.1, 0.15) is 6.10 Å². The molecular weight excluding hydrogens is 410 g/mol. The third-order valence-electron chi connectivity index (χ3n) is 10.8. The van der Waals surface area contributed by atoms with E-state index in [1.807, 2.05) is 0 Å². The average molecular weight is 456 g/mol. The van der Waals surface area contributed by atoms with Gasteiger partial charge in [-0.15, -0.1) is 0 Å². The molecule has 4 nitrogen and oxygen atoms in total. The zero-order chi connectivity index (χ0) is 23.5. The van der Waals surface area contributed by atoms with Crippen LogP contribution in [0.3, 0.4) is 0 Å². The molecule has 5 rings (SSSR count). The van der Waals surface area contributed by atoms with Gasteiger partial charge in [0.15, 0.2) is 0 Å². The molecule has 3 saturated carbocycles. The van der Waals surface area contributed by atoms with Crippen LogP contribution < -0.4 is 5.32 Å². The van der Waals surface area contributed by atoms with E-state index in [1.165, 1.54) is 37.0 Å². The molecule has 0 radical (unpaired) electrons. The lowest BCUT2D eigenvalue weighted by Crippen LogP contribution is -2.50. The molecule has 1 aliphatic heterocycles. The Morgan fingerprint density at radius 2 is 2.06 bits per heavy atom. The van der Waals surface area contributed by atoms with Gasteiger partial charge in [-0.1, -0.05) is 32.4 Å². The van der Waals surface area contributed by atoms with E-state index >= 15 is 0 Å². The zero-order valence-electron chi connectivity index (χ0n) is 21.5. The second-order valence-corrected chi connectivity index (χ2v) is 12.8. The molecule has 0 aromatic rings. The highest BCUT2D eigenvalue weighted by Crippen LogP contribution is 2.68. The van der Waals surface area contributed by atoms with Gasteiger partial charge in [0.05, 0.1) is 11.9 Å². The number of fused-ring (bicyclic) bond motifs is 7. The Bertz CT molecular complexity index is 861. The Labute approximate surface area is 200 Å². The maximum Gasteiger partial charge on any atom is 0.216 e. The van der Waals surface area contributed by atoms with Crippen molar-refractivity contribution < 1.29 is 14.6 Å². The predicted octanol–water partition coefficient (Wildman–Crippen LogP) is 5.76. The van der Waals surface area contributed by atoms with Crippen LogP contribution in [0.2, 0.25) is 0 Å². The molecule has 0 saturated heterocycles. The first-order valence-corrected chi connectivity index (χ1v) is 13.6. The number of amides is 1. The maximum atomic E-state index is 11.2. The van der Waals surface area contributed by atoms with Crippen molar-refractivity contribution in [3.63, 3.8) is 0 Å². The van der Waals surface area contributed by atoms with Gasteiger partial charge < -0.3 is 15.2 Å². The Morgan fingerprint density at radius 1 is 1.27 bits per heavy atom. The summed E-state index contributed by atoms with van der Waals surface area (Å²) in [6.07, 6.45) is 13.0. The molecule has 4 aliphatic carbocycles. The number of hydrogen-bond acceptors (Lipinski definition) is 3. The first-order chi connectivity index (χ1) is 15.6. The van der Waals surface area contributed by atoms with Crippen LogP contribution in [0.1, 0.15) is 92.4 Å². The van der Waals surface area contributed by atoms with Gasteiger partial charge in [-0.2, -0.15) is 0 Å². The lowest BCUT2D eigenvalue weighted by molar-refractivity contribution is -0.119. The lowest BCUT2D eigenvalue weighted by atomic mass is 9.47. The highest BCUT2D eigenvalue weighted by Gasteiger charge is 2.63. The molecule has 0 bridgehead atoms. The Hall–Kier alpha value is -1.29. The molecule has 5 aliphatic rings. The summed E-state index contributed by atoms with van der Waals surface area (Å²) in [5.74, 6) is 4.66. The van der Waals surface area contributed by atoms with E-state index in [0.29, 0.717) is 28.8 Å². The summed E-state index contributed by atoms with van der Waals surface area (Å²) in [5, 5.41) is 13.2. The number of aliphatic hydroxyl groups excluding tert-OH is 1. The monoisotopic (exact) mass is 455 g/mol. The number of allylic oxidation sites excluding steroid dienone is 2. The summed E-state index contributed by atoms with van der Waals surface area (Å²) in [6.45, 7) is 12.0. The standard InChI is InChI=1S/C29H45NO3/c1-17(16-30-19(3)31)6-9-25-18(2)27-26(33-25)15-24-22-8-7-20-14-21(32)10-12-28(20,4)23(22)11-13-29(24,27)5/h7,17,21-24,26-27,32H,6,8-16H2,1-5H3,(H,30,31)/t17-,21-,22+,23-,24-,26-,27-,28-,29-/m0/s1. The van der Waals surface area contributed by atoms with Crippen molar-refractivity contribution in [3.05, 3.63) is 23.0 Å². The minimum absolute atomic E-state index is 0.0569. The minimum atomic E-state index is -0.124. The normalized spacial score (nSPS) is 44.7. The second kappa shape index (κ2) is 8.43. The molecule has 0 spiro atoms. The van der Waals surface area contributed by atoms with Crippen molar-refractivity contribution in [2.24, 2.45) is 40.4 Å². The fraction of sp³-hybridized carbons (Fsp3) is 0.828. The van der Waals surface area contributed by atoms with Gasteiger partial charge in [0.25, 0.3) is 0 Å². The number of aliphatic hydroxyl groups is 1. The SMILES string of the molecule is CC(=O)NC[C@@H](C)CCC1=C(C)[C@H]2[C@H](C[C@H]3[C@@H]4CC=C5C[C@@H](O)CC[C@]5(C)[C@H]4CC[C@@]32C)O1. The van der Waals surface area contributed by atoms with E-state index < -0.39 is 0 Å². The lowest BCUT2D eigenvalue weighted by Gasteiger charge is -2.57. The molecule has 33 heavy (non-hydrogen) atoms. The Kier molecular flexibility index (Phi) is 5.99. The van der Waals surface area contributed by atoms with Crippen molar-refractivity contribution in [1.29, 1.82) is 0 Å². The molecule has 9 atom stereocenters. The van der Waals surface area contributed by atoms with Crippen molar-refractivity contribution in [2.75, 3.05) is 6.54 Å². The molecule has 4 heteroatoms. The van der Waals surface area contributed by atoms with Crippen LogP contribution in [-0.4, -0.2) is 29.8 Å². The third kappa shape index (κ3) is 3.79. The summed E-state index contributed by atoms with van der Waals surface area (Å²) < 4.78 is 6.70. The number of nitrogens with one attached hydrogen (secondary N) is 1. The van der Waals surface area contributed by atoms with Gasteiger partial charge in [-0.3, -0.25) is 4.79 Å². The van der Waals surface area contributed by atoms with E-state index in [0.717, 1.165) is 56.4 Å². The van der Waals surface area contributed by atoms with Crippen LogP contribution in [0.5, 0.6) is 0 Å². The fourth-order valence-corrected chi connectivity index (χ4v) is 9.02. The van der Waals surface area contributed by atoms with E-state index in [9.17, 15) is 9.90 Å². The first kappa shape index (κ1) is 23.5. The third-order valence-corrected chi connectivity index (χ3v) is 10.8. The van der Waals surface area contributed by atoms with E-state index in [4.69, 9.17) is 4.74 Å². The van der Waals surface area contributed by atoms with Crippen LogP contribution in [0.15, 0.2) is 23.0 Å². The predicted molar refractivity (Wildman–Crippen MR) is 131 cm³/mol. The van der Waals surface area contributed by atoms with Crippen LogP contribution in [0, 0.1) is 40.4 Å². The van der Waals surface area contributed by atoms with Crippen LogP contribution in [0.4, 0.5) is 0 Å². The molecule has 1 amide bonds. The van der Waals surface area contributed by atoms with Gasteiger partial charge in [0, 0.05) is 25.8 Å². The molecular formula is C29H45NO3. The van der Waals surface area contributed by atoms with E-state index in [-0.39, 0.29) is 12.0 Å². The number of carbonyl (C=O) groups is 1. The average Bonchev–Trinajstić information content (AvgIpc) is 3.24. The van der Waals surface area contributed by atoms with Crippen molar-refractivity contribution in [2.45, 2.75) is 105 Å². The molecule has 0 aromatic heterocycles. The molecule has 0 aromatic carbocycles. The number of carbonyl (C=O) groups excluding carboxylic acids is 1. The van der Waals surface area contributed by atoms with Crippen molar-refractivity contribution >= 4 is 5.91 Å². The second-order valence-electron chi connectivity index (χ2n) is 12.8. The number of ether oxygens (including phenoxy) is 1. The summed E-state index contributed by atoms with van der Waals surface area (Å²) in [5.41, 5.74) is 3.75. The smallest absolute Gasteiger partial charge is 0.216 e. The topological polar surface area (TPSA) is 58.6 Å². The molecule has 0 unspecified atom stereocenters. The Morgan fingerprint density at radius 3 is 2.82 bits per heavy atom. The van der Waals surface area contributed by atoms with Crippen molar-refractivity contribution in [1.82, 2.24) is 5.32 Å². The van der Waals surface area contributed by atoms with Crippen LogP contribution >= 0.6 is 0 Å². The largest absolute Gasteiger partial charge is 0.494 e. The zero-order valence-corrected chi connectivity index (χ0v) is 21.5. The van der Waals surface area contributed by atoms with Crippen LogP contribution in [0.25, 0.3) is 0 Å². The quantitative estimate of drug-likeness (QED) is 0.518. The fourth-order valence-electron chi connectivity index (χ4n) is 9.02. The number of hydrogen-bond donors (Lipinski definition) is 2. The van der Waals surface area contributed by atoms with Gasteiger partial charge in [-0.05, 0) is 98.4 Å². The molecule has 184 valence electrons. The summed E-state index contributed by atoms with van der Waals surface area (Å²) in [7, 11) is 0. The molecule has 1 heterocycles. The summed E-state index contributed by atoms with van der Waals surface area (Å²) in [4.78, 5) is 11.2. The first-order valence-electron chi connectivity index (χ1n) is 13.6. The van der Waals surface area contributed by atoms with E-state index in [1.54, 1.807) is 12.5 Å². The summed E-state index contributed by atoms with van der Waals surface area (Å²) in [6, 6.07) is 0. The Balaban J connectivity index is 1.30. The highest BCUT2D eigenvalue weighted by atomic mass is 16.5. The number of rotatable bonds is 5. The van der Waals surface area contributed by atoms with Gasteiger partial charge in [0.2, 0.25) is 5.91 Å². The van der Waals surface area contributed by atoms with Crippen LogP contribution in [-0.2, 0) is 9.53 Å². The minimum Gasteiger partial charge on any atom is -0.494 e. The maximum absolute atomic E-state index is 11.2. The molecule has 3 fully saturated rings. The van der Waals surface area contributed by atoms with Gasteiger partial charge >= 0.3 is 0 Å². The van der Waals surface area contributed by atoms with Gasteiger partial charge in [-0.25, -0.2) is 0 Å². The van der Waals surface area contributed by atoms with E-state index in [2.05, 4.69) is 39.1 Å². The van der Waals surface area contributed by atoms with Crippen molar-refractivity contribution in [3.8, 4) is 0 Å². The molecule has 2 N–H and O–H groups in total.